The third kappa shape index (κ3) is 2.21. The van der Waals surface area contributed by atoms with Crippen molar-refractivity contribution in [2.45, 2.75) is 26.7 Å². The molecule has 13 heavy (non-hydrogen) atoms. The monoisotopic (exact) mass is 179 g/mol. The fourth-order valence-electron chi connectivity index (χ4n) is 0.861. The summed E-state index contributed by atoms with van der Waals surface area (Å²) in [7, 11) is 0. The quantitative estimate of drug-likeness (QED) is 0.397. The molecule has 0 fully saturated rings. The van der Waals surface area contributed by atoms with Crippen molar-refractivity contribution in [1.29, 1.82) is 0 Å². The van der Waals surface area contributed by atoms with Gasteiger partial charge in [-0.05, 0) is 6.92 Å². The average molecular weight is 179 g/mol. The van der Waals surface area contributed by atoms with Crippen LogP contribution in [-0.2, 0) is 0 Å². The maximum atomic E-state index is 4.26. The smallest absolute Gasteiger partial charge is 0.153 e. The molecule has 0 aromatic carbocycles. The SMILES string of the molecule is C=N/N=C\n1nc(C(C)C)nc1C. The minimum atomic E-state index is 0.324. The second-order valence-corrected chi connectivity index (χ2v) is 2.99. The van der Waals surface area contributed by atoms with Gasteiger partial charge in [0.25, 0.3) is 0 Å². The highest BCUT2D eigenvalue weighted by atomic mass is 15.4. The molecule has 0 aliphatic heterocycles. The summed E-state index contributed by atoms with van der Waals surface area (Å²) in [6.07, 6.45) is 1.49. The molecule has 5 nitrogen and oxygen atoms in total. The van der Waals surface area contributed by atoms with E-state index in [-0.39, 0.29) is 0 Å². The number of aromatic nitrogens is 3. The molecule has 1 aromatic heterocycles. The first kappa shape index (κ1) is 9.57. The number of hydrogen-bond donors (Lipinski definition) is 0. The van der Waals surface area contributed by atoms with Gasteiger partial charge in [0.2, 0.25) is 0 Å². The van der Waals surface area contributed by atoms with Crippen LogP contribution in [0.25, 0.3) is 0 Å². The van der Waals surface area contributed by atoms with Gasteiger partial charge in [0.15, 0.2) is 5.82 Å². The van der Waals surface area contributed by atoms with Gasteiger partial charge in [-0.3, -0.25) is 0 Å². The molecule has 0 aliphatic rings. The second-order valence-electron chi connectivity index (χ2n) is 2.99. The van der Waals surface area contributed by atoms with Gasteiger partial charge >= 0.3 is 0 Å². The molecule has 5 heteroatoms. The van der Waals surface area contributed by atoms with Crippen LogP contribution in [0.2, 0.25) is 0 Å². The lowest BCUT2D eigenvalue weighted by atomic mass is 10.2. The summed E-state index contributed by atoms with van der Waals surface area (Å²) in [5.41, 5.74) is 0. The first-order valence-corrected chi connectivity index (χ1v) is 4.07. The zero-order chi connectivity index (χ0) is 9.84. The molecule has 0 radical (unpaired) electrons. The van der Waals surface area contributed by atoms with Gasteiger partial charge < -0.3 is 0 Å². The fraction of sp³-hybridized carbons (Fsp3) is 0.500. The number of rotatable bonds is 3. The maximum absolute atomic E-state index is 4.26. The van der Waals surface area contributed by atoms with Crippen LogP contribution in [0.4, 0.5) is 0 Å². The number of hydrogen-bond acceptors (Lipinski definition) is 4. The van der Waals surface area contributed by atoms with E-state index in [1.54, 1.807) is 4.68 Å². The fourth-order valence-corrected chi connectivity index (χ4v) is 0.861. The maximum Gasteiger partial charge on any atom is 0.153 e. The van der Waals surface area contributed by atoms with Gasteiger partial charge in [0.1, 0.15) is 12.2 Å². The van der Waals surface area contributed by atoms with Gasteiger partial charge in [-0.2, -0.15) is 5.10 Å². The first-order chi connectivity index (χ1) is 6.15. The first-order valence-electron chi connectivity index (χ1n) is 4.07. The van der Waals surface area contributed by atoms with E-state index in [4.69, 9.17) is 0 Å². The van der Waals surface area contributed by atoms with Gasteiger partial charge in [0, 0.05) is 12.6 Å². The lowest BCUT2D eigenvalue weighted by Gasteiger charge is -1.93. The standard InChI is InChI=1S/C8H13N5/c1-6(2)8-11-7(3)13(12-8)5-10-9-4/h5-6H,4H2,1-3H3/b10-5-. The van der Waals surface area contributed by atoms with E-state index in [2.05, 4.69) is 27.0 Å². The summed E-state index contributed by atoms with van der Waals surface area (Å²) in [4.78, 5) is 4.26. The number of nitrogens with zero attached hydrogens (tertiary/aromatic N) is 5. The Labute approximate surface area is 77.2 Å². The van der Waals surface area contributed by atoms with E-state index in [0.29, 0.717) is 5.92 Å². The predicted octanol–water partition coefficient (Wildman–Crippen LogP) is 1.20. The molecule has 0 saturated heterocycles. The molecule has 1 heterocycles. The van der Waals surface area contributed by atoms with Gasteiger partial charge in [-0.1, -0.05) is 13.8 Å². The summed E-state index contributed by atoms with van der Waals surface area (Å²) in [6, 6.07) is 0. The predicted molar refractivity (Wildman–Crippen MR) is 52.3 cm³/mol. The zero-order valence-electron chi connectivity index (χ0n) is 8.10. The molecule has 0 atom stereocenters. The van der Waals surface area contributed by atoms with Gasteiger partial charge in [-0.15, -0.1) is 10.2 Å². The van der Waals surface area contributed by atoms with E-state index in [1.807, 2.05) is 20.8 Å². The highest BCUT2D eigenvalue weighted by Crippen LogP contribution is 2.08. The molecule has 0 N–H and O–H groups in total. The van der Waals surface area contributed by atoms with E-state index in [9.17, 15) is 0 Å². The Morgan fingerprint density at radius 2 is 2.23 bits per heavy atom. The van der Waals surface area contributed by atoms with Crippen LogP contribution >= 0.6 is 0 Å². The van der Waals surface area contributed by atoms with Crippen molar-refractivity contribution in [3.05, 3.63) is 11.6 Å². The Morgan fingerprint density at radius 3 is 2.69 bits per heavy atom. The Balaban J connectivity index is 2.96. The third-order valence-electron chi connectivity index (χ3n) is 1.58. The van der Waals surface area contributed by atoms with E-state index >= 15 is 0 Å². The van der Waals surface area contributed by atoms with E-state index in [0.717, 1.165) is 11.6 Å². The molecule has 0 aliphatic carbocycles. The van der Waals surface area contributed by atoms with Crippen LogP contribution < -0.4 is 0 Å². The normalized spacial score (nSPS) is 11.4. The lowest BCUT2D eigenvalue weighted by Crippen LogP contribution is -2.00. The highest BCUT2D eigenvalue weighted by Gasteiger charge is 2.07. The van der Waals surface area contributed by atoms with Crippen LogP contribution in [0.3, 0.4) is 0 Å². The molecular weight excluding hydrogens is 166 g/mol. The van der Waals surface area contributed by atoms with Crippen LogP contribution in [0.5, 0.6) is 0 Å². The van der Waals surface area contributed by atoms with Gasteiger partial charge in [0.05, 0.1) is 0 Å². The highest BCUT2D eigenvalue weighted by molar-refractivity contribution is 5.57. The summed E-state index contributed by atoms with van der Waals surface area (Å²) in [5, 5.41) is 11.2. The molecule has 70 valence electrons. The van der Waals surface area contributed by atoms with E-state index < -0.39 is 0 Å². The molecule has 0 saturated carbocycles. The van der Waals surface area contributed by atoms with Crippen LogP contribution in [-0.4, -0.2) is 27.8 Å². The third-order valence-corrected chi connectivity index (χ3v) is 1.58. The van der Waals surface area contributed by atoms with E-state index in [1.165, 1.54) is 6.34 Å². The van der Waals surface area contributed by atoms with Crippen molar-refractivity contribution in [3.63, 3.8) is 0 Å². The van der Waals surface area contributed by atoms with Crippen molar-refractivity contribution in [3.8, 4) is 0 Å². The Kier molecular flexibility index (Phi) is 2.89. The molecular formula is C8H13N5. The molecule has 1 rings (SSSR count). The molecule has 0 unspecified atom stereocenters. The molecule has 0 bridgehead atoms. The minimum absolute atomic E-state index is 0.324. The average Bonchev–Trinajstić information content (AvgIpc) is 2.44. The molecule has 0 amide bonds. The summed E-state index contributed by atoms with van der Waals surface area (Å²) in [6.45, 7) is 9.19. The van der Waals surface area contributed by atoms with Crippen LogP contribution in [0, 0.1) is 6.92 Å². The van der Waals surface area contributed by atoms with Crippen molar-refractivity contribution in [2.24, 2.45) is 10.2 Å². The van der Waals surface area contributed by atoms with Crippen LogP contribution in [0.1, 0.15) is 31.4 Å². The second kappa shape index (κ2) is 3.93. The molecule has 0 spiro atoms. The topological polar surface area (TPSA) is 55.4 Å². The van der Waals surface area contributed by atoms with Crippen molar-refractivity contribution in [2.75, 3.05) is 0 Å². The Hall–Kier alpha value is -1.52. The van der Waals surface area contributed by atoms with Crippen LogP contribution in [0.15, 0.2) is 10.2 Å². The summed E-state index contributed by atoms with van der Waals surface area (Å²) >= 11 is 0. The largest absolute Gasteiger partial charge is 0.216 e. The lowest BCUT2D eigenvalue weighted by molar-refractivity contribution is 0.767. The zero-order valence-corrected chi connectivity index (χ0v) is 8.10. The number of aryl methyl sites for hydroxylation is 1. The van der Waals surface area contributed by atoms with Crippen molar-refractivity contribution in [1.82, 2.24) is 14.8 Å². The van der Waals surface area contributed by atoms with Crippen molar-refractivity contribution >= 4 is 13.1 Å². The Morgan fingerprint density at radius 1 is 1.54 bits per heavy atom. The van der Waals surface area contributed by atoms with Gasteiger partial charge in [-0.25, -0.2) is 9.67 Å². The minimum Gasteiger partial charge on any atom is -0.216 e. The van der Waals surface area contributed by atoms with Crippen molar-refractivity contribution < 1.29 is 0 Å². The Bertz CT molecular complexity index is 323. The summed E-state index contributed by atoms with van der Waals surface area (Å²) in [5.74, 6) is 1.94. The summed E-state index contributed by atoms with van der Waals surface area (Å²) < 4.78 is 1.59. The molecule has 1 aromatic rings.